The second-order valence-corrected chi connectivity index (χ2v) is 8.45. The molecule has 0 saturated heterocycles. The van der Waals surface area contributed by atoms with Gasteiger partial charge in [-0.05, 0) is 43.0 Å². The number of hydrogen-bond donors (Lipinski definition) is 0. The normalized spacial score (nSPS) is 11.5. The minimum atomic E-state index is -3.76. The highest BCUT2D eigenvalue weighted by Gasteiger charge is 2.27. The third-order valence-electron chi connectivity index (χ3n) is 3.45. The number of aryl methyl sites for hydroxylation is 1. The highest BCUT2D eigenvalue weighted by Crippen LogP contribution is 2.38. The molecule has 0 atom stereocenters. The largest absolute Gasteiger partial charge is 0.411 e. The third-order valence-corrected chi connectivity index (χ3v) is 5.46. The summed E-state index contributed by atoms with van der Waals surface area (Å²) in [6, 6.07) is 11.5. The van der Waals surface area contributed by atoms with Gasteiger partial charge in [0.15, 0.2) is 9.84 Å². The Morgan fingerprint density at radius 2 is 1.81 bits per heavy atom. The molecule has 10 heteroatoms. The van der Waals surface area contributed by atoms with Gasteiger partial charge in [0.1, 0.15) is 4.90 Å². The number of aromatic nitrogens is 2. The van der Waals surface area contributed by atoms with E-state index >= 15 is 0 Å². The van der Waals surface area contributed by atoms with Crippen LogP contribution in [0.15, 0.2) is 61.9 Å². The zero-order valence-electron chi connectivity index (χ0n) is 13.7. The van der Waals surface area contributed by atoms with Crippen molar-refractivity contribution in [2.24, 2.45) is 0 Å². The predicted octanol–water partition coefficient (Wildman–Crippen LogP) is 3.51. The number of sulfone groups is 1. The fourth-order valence-electron chi connectivity index (χ4n) is 2.22. The molecule has 2 aromatic carbocycles. The predicted molar refractivity (Wildman–Crippen MR) is 94.8 cm³/mol. The van der Waals surface area contributed by atoms with Gasteiger partial charge < -0.3 is 4.42 Å². The van der Waals surface area contributed by atoms with Gasteiger partial charge in [0.25, 0.3) is 5.22 Å². The van der Waals surface area contributed by atoms with Crippen LogP contribution in [0.5, 0.6) is 0 Å². The van der Waals surface area contributed by atoms with Gasteiger partial charge in [0.2, 0.25) is 5.89 Å². The number of benzene rings is 2. The smallest absolute Gasteiger partial charge is 0.301 e. The summed E-state index contributed by atoms with van der Waals surface area (Å²) in [4.78, 5) is 10.4. The lowest BCUT2D eigenvalue weighted by Gasteiger charge is -2.04. The van der Waals surface area contributed by atoms with E-state index in [1.165, 1.54) is 18.2 Å². The summed E-state index contributed by atoms with van der Waals surface area (Å²) in [6.45, 7) is 1.95. The van der Waals surface area contributed by atoms with Crippen LogP contribution in [-0.2, 0) is 9.84 Å². The summed E-state index contributed by atoms with van der Waals surface area (Å²) in [6.07, 6.45) is 0.923. The summed E-state index contributed by atoms with van der Waals surface area (Å²) in [5, 5.41) is 19.3. The van der Waals surface area contributed by atoms with Crippen molar-refractivity contribution in [3.05, 3.63) is 58.1 Å². The lowest BCUT2D eigenvalue weighted by Crippen LogP contribution is -2.03. The van der Waals surface area contributed by atoms with Crippen LogP contribution in [0.1, 0.15) is 5.56 Å². The van der Waals surface area contributed by atoms with Crippen LogP contribution in [0.25, 0.3) is 11.5 Å². The lowest BCUT2D eigenvalue weighted by molar-refractivity contribution is -0.390. The van der Waals surface area contributed by atoms with Crippen LogP contribution in [-0.4, -0.2) is 29.8 Å². The van der Waals surface area contributed by atoms with Crippen LogP contribution in [0.3, 0.4) is 0 Å². The fourth-order valence-corrected chi connectivity index (χ4v) is 3.97. The average molecular weight is 391 g/mol. The maximum absolute atomic E-state index is 11.8. The molecule has 8 nitrogen and oxygen atoms in total. The Hall–Kier alpha value is -2.72. The van der Waals surface area contributed by atoms with Crippen molar-refractivity contribution in [1.82, 2.24) is 10.2 Å². The number of nitro benzene ring substituents is 1. The Morgan fingerprint density at radius 3 is 2.42 bits per heavy atom. The van der Waals surface area contributed by atoms with Crippen molar-refractivity contribution in [2.45, 2.75) is 21.9 Å². The third kappa shape index (κ3) is 3.75. The first-order valence-corrected chi connectivity index (χ1v) is 10.0. The molecule has 0 spiro atoms. The van der Waals surface area contributed by atoms with Crippen LogP contribution in [0.4, 0.5) is 5.69 Å². The van der Waals surface area contributed by atoms with E-state index in [0.29, 0.717) is 5.56 Å². The van der Waals surface area contributed by atoms with Crippen LogP contribution < -0.4 is 0 Å². The summed E-state index contributed by atoms with van der Waals surface area (Å²) < 4.78 is 29.2. The Labute approximate surface area is 153 Å². The number of para-hydroxylation sites is 1. The van der Waals surface area contributed by atoms with Gasteiger partial charge in [-0.2, -0.15) is 0 Å². The maximum atomic E-state index is 11.8. The molecule has 0 N–H and O–H groups in total. The molecular formula is C16H13N3O5S2. The van der Waals surface area contributed by atoms with E-state index in [1.54, 1.807) is 0 Å². The molecule has 1 heterocycles. The summed E-state index contributed by atoms with van der Waals surface area (Å²) in [5.41, 5.74) is 1.29. The molecule has 0 bridgehead atoms. The van der Waals surface area contributed by atoms with E-state index in [1.807, 2.05) is 31.2 Å². The standard InChI is InChI=1S/C16H13N3O5S2/c1-10-6-8-11(9-7-10)15-17-18-16(24-15)25-12-4-3-5-13(26(2,22)23)14(12)19(20)21/h3-9H,1-2H3. The van der Waals surface area contributed by atoms with Crippen LogP contribution in [0.2, 0.25) is 0 Å². The lowest BCUT2D eigenvalue weighted by atomic mass is 10.1. The Bertz CT molecular complexity index is 1080. The number of hydrogen-bond acceptors (Lipinski definition) is 8. The van der Waals surface area contributed by atoms with Crippen molar-refractivity contribution < 1.29 is 17.8 Å². The molecule has 0 radical (unpaired) electrons. The second kappa shape index (κ2) is 6.89. The first-order valence-electron chi connectivity index (χ1n) is 7.31. The molecule has 134 valence electrons. The van der Waals surface area contributed by atoms with E-state index in [0.717, 1.165) is 23.6 Å². The molecule has 0 aliphatic rings. The van der Waals surface area contributed by atoms with Crippen molar-refractivity contribution in [2.75, 3.05) is 6.26 Å². The molecule has 26 heavy (non-hydrogen) atoms. The van der Waals surface area contributed by atoms with E-state index in [4.69, 9.17) is 4.42 Å². The molecule has 0 fully saturated rings. The van der Waals surface area contributed by atoms with E-state index < -0.39 is 20.4 Å². The van der Waals surface area contributed by atoms with Gasteiger partial charge in [-0.15, -0.1) is 10.2 Å². The SMILES string of the molecule is Cc1ccc(-c2nnc(Sc3cccc(S(C)(=O)=O)c3[N+](=O)[O-])o2)cc1. The zero-order valence-corrected chi connectivity index (χ0v) is 15.4. The molecule has 3 aromatic rings. The highest BCUT2D eigenvalue weighted by molar-refractivity contribution is 7.99. The van der Waals surface area contributed by atoms with E-state index in [-0.39, 0.29) is 20.9 Å². The van der Waals surface area contributed by atoms with Crippen LogP contribution >= 0.6 is 11.8 Å². The Balaban J connectivity index is 1.97. The number of rotatable bonds is 5. The van der Waals surface area contributed by atoms with Gasteiger partial charge >= 0.3 is 5.69 Å². The molecule has 0 aliphatic carbocycles. The quantitative estimate of drug-likeness (QED) is 0.479. The molecule has 1 aromatic heterocycles. The maximum Gasteiger partial charge on any atom is 0.301 e. The highest BCUT2D eigenvalue weighted by atomic mass is 32.2. The summed E-state index contributed by atoms with van der Waals surface area (Å²) >= 11 is 0.845. The fraction of sp³-hybridized carbons (Fsp3) is 0.125. The van der Waals surface area contributed by atoms with Crippen molar-refractivity contribution in [1.29, 1.82) is 0 Å². The molecular weight excluding hydrogens is 378 g/mol. The van der Waals surface area contributed by atoms with Gasteiger partial charge in [-0.1, -0.05) is 23.8 Å². The van der Waals surface area contributed by atoms with Gasteiger partial charge in [0.05, 0.1) is 9.82 Å². The number of nitro groups is 1. The minimum Gasteiger partial charge on any atom is -0.411 e. The van der Waals surface area contributed by atoms with E-state index in [2.05, 4.69) is 10.2 Å². The molecule has 0 unspecified atom stereocenters. The van der Waals surface area contributed by atoms with Crippen molar-refractivity contribution in [3.8, 4) is 11.5 Å². The van der Waals surface area contributed by atoms with Crippen molar-refractivity contribution in [3.63, 3.8) is 0 Å². The summed E-state index contributed by atoms with van der Waals surface area (Å²) in [7, 11) is -3.76. The number of nitrogens with zero attached hydrogens (tertiary/aromatic N) is 3. The molecule has 0 amide bonds. The Morgan fingerprint density at radius 1 is 1.12 bits per heavy atom. The monoisotopic (exact) mass is 391 g/mol. The molecule has 3 rings (SSSR count). The minimum absolute atomic E-state index is 0.0781. The molecule has 0 aliphatic heterocycles. The first-order chi connectivity index (χ1) is 12.3. The zero-order chi connectivity index (χ0) is 18.9. The van der Waals surface area contributed by atoms with Gasteiger partial charge in [-0.3, -0.25) is 10.1 Å². The van der Waals surface area contributed by atoms with Gasteiger partial charge in [0, 0.05) is 11.8 Å². The topological polar surface area (TPSA) is 116 Å². The van der Waals surface area contributed by atoms with Crippen LogP contribution in [0, 0.1) is 17.0 Å². The first kappa shape index (κ1) is 18.1. The average Bonchev–Trinajstić information content (AvgIpc) is 3.03. The molecule has 0 saturated carbocycles. The van der Waals surface area contributed by atoms with Gasteiger partial charge in [-0.25, -0.2) is 8.42 Å². The van der Waals surface area contributed by atoms with Crippen molar-refractivity contribution >= 4 is 27.3 Å². The Kier molecular flexibility index (Phi) is 4.79. The summed E-state index contributed by atoms with van der Waals surface area (Å²) in [5.74, 6) is 0.273. The second-order valence-electron chi connectivity index (χ2n) is 5.47. The van der Waals surface area contributed by atoms with E-state index in [9.17, 15) is 18.5 Å².